The number of nitrogens with zero attached hydrogens (tertiary/aromatic N) is 1. The van der Waals surface area contributed by atoms with Crippen LogP contribution in [0.2, 0.25) is 0 Å². The minimum Gasteiger partial charge on any atom is -0.332 e. The maximum Gasteiger partial charge on any atom is 0.290 e. The number of hydrogen-bond acceptors (Lipinski definition) is 3. The number of carbonyl (C=O) groups is 2. The molecule has 2 atom stereocenters. The van der Waals surface area contributed by atoms with Gasteiger partial charge in [0.2, 0.25) is 5.78 Å². The van der Waals surface area contributed by atoms with Crippen molar-refractivity contribution in [2.75, 3.05) is 13.1 Å². The number of hydrogen-bond donors (Lipinski definition) is 1. The SMILES string of the molecule is CCCC(C)C(=O)C(=O)N1CCCC1CN. The third-order valence-electron chi connectivity index (χ3n) is 3.29. The molecule has 1 fully saturated rings. The van der Waals surface area contributed by atoms with E-state index in [0.29, 0.717) is 13.1 Å². The van der Waals surface area contributed by atoms with E-state index < -0.39 is 0 Å². The van der Waals surface area contributed by atoms with Gasteiger partial charge in [-0.25, -0.2) is 0 Å². The van der Waals surface area contributed by atoms with Crippen molar-refractivity contribution >= 4 is 11.7 Å². The molecule has 1 rings (SSSR count). The summed E-state index contributed by atoms with van der Waals surface area (Å²) in [7, 11) is 0. The summed E-state index contributed by atoms with van der Waals surface area (Å²) in [6.45, 7) is 5.00. The number of likely N-dealkylation sites (tertiary alicyclic amines) is 1. The predicted octanol–water partition coefficient (Wildman–Crippen LogP) is 0.941. The molecule has 2 unspecified atom stereocenters. The lowest BCUT2D eigenvalue weighted by Crippen LogP contribution is -2.44. The maximum atomic E-state index is 12.0. The molecule has 92 valence electrons. The lowest BCUT2D eigenvalue weighted by Gasteiger charge is -2.23. The first-order valence-electron chi connectivity index (χ1n) is 6.16. The Morgan fingerprint density at radius 1 is 1.50 bits per heavy atom. The molecule has 4 heteroatoms. The van der Waals surface area contributed by atoms with Gasteiger partial charge in [0.1, 0.15) is 0 Å². The number of amides is 1. The highest BCUT2D eigenvalue weighted by Gasteiger charge is 2.33. The van der Waals surface area contributed by atoms with Gasteiger partial charge >= 0.3 is 0 Å². The quantitative estimate of drug-likeness (QED) is 0.710. The summed E-state index contributed by atoms with van der Waals surface area (Å²) in [5.74, 6) is -0.729. The van der Waals surface area contributed by atoms with Gasteiger partial charge in [-0.05, 0) is 19.3 Å². The molecule has 1 aliphatic rings. The van der Waals surface area contributed by atoms with E-state index in [0.717, 1.165) is 25.7 Å². The fourth-order valence-electron chi connectivity index (χ4n) is 2.26. The first-order chi connectivity index (χ1) is 7.61. The van der Waals surface area contributed by atoms with Gasteiger partial charge in [-0.15, -0.1) is 0 Å². The molecule has 2 N–H and O–H groups in total. The van der Waals surface area contributed by atoms with Crippen LogP contribution in [-0.4, -0.2) is 35.7 Å². The van der Waals surface area contributed by atoms with Crippen LogP contribution in [0.3, 0.4) is 0 Å². The zero-order valence-corrected chi connectivity index (χ0v) is 10.2. The van der Waals surface area contributed by atoms with Crippen molar-refractivity contribution in [3.63, 3.8) is 0 Å². The molecule has 16 heavy (non-hydrogen) atoms. The average Bonchev–Trinajstić information content (AvgIpc) is 2.75. The highest BCUT2D eigenvalue weighted by Crippen LogP contribution is 2.18. The second kappa shape index (κ2) is 5.99. The Kier molecular flexibility index (Phi) is 4.93. The Labute approximate surface area is 97.2 Å². The molecule has 0 saturated carbocycles. The molecule has 1 heterocycles. The Bertz CT molecular complexity index is 266. The minimum absolute atomic E-state index is 0.0743. The van der Waals surface area contributed by atoms with E-state index in [2.05, 4.69) is 0 Å². The molecule has 0 radical (unpaired) electrons. The summed E-state index contributed by atoms with van der Waals surface area (Å²) in [4.78, 5) is 25.5. The van der Waals surface area contributed by atoms with Gasteiger partial charge in [-0.2, -0.15) is 0 Å². The summed E-state index contributed by atoms with van der Waals surface area (Å²) in [5.41, 5.74) is 5.59. The van der Waals surface area contributed by atoms with E-state index in [4.69, 9.17) is 5.73 Å². The zero-order chi connectivity index (χ0) is 12.1. The van der Waals surface area contributed by atoms with E-state index >= 15 is 0 Å². The first kappa shape index (κ1) is 13.2. The highest BCUT2D eigenvalue weighted by atomic mass is 16.2. The monoisotopic (exact) mass is 226 g/mol. The Morgan fingerprint density at radius 3 is 2.75 bits per heavy atom. The fraction of sp³-hybridized carbons (Fsp3) is 0.833. The number of rotatable bonds is 5. The van der Waals surface area contributed by atoms with Gasteiger partial charge in [-0.3, -0.25) is 9.59 Å². The Balaban J connectivity index is 2.59. The van der Waals surface area contributed by atoms with Crippen molar-refractivity contribution in [1.29, 1.82) is 0 Å². The van der Waals surface area contributed by atoms with Crippen molar-refractivity contribution < 1.29 is 9.59 Å². The zero-order valence-electron chi connectivity index (χ0n) is 10.2. The second-order valence-electron chi connectivity index (χ2n) is 4.58. The third kappa shape index (κ3) is 2.82. The molecular weight excluding hydrogens is 204 g/mol. The van der Waals surface area contributed by atoms with Gasteiger partial charge in [0.15, 0.2) is 0 Å². The van der Waals surface area contributed by atoms with E-state index in [1.165, 1.54) is 0 Å². The molecule has 0 bridgehead atoms. The van der Waals surface area contributed by atoms with E-state index in [1.807, 2.05) is 13.8 Å². The van der Waals surface area contributed by atoms with Crippen LogP contribution < -0.4 is 5.73 Å². The molecule has 1 aliphatic heterocycles. The van der Waals surface area contributed by atoms with Gasteiger partial charge in [-0.1, -0.05) is 20.3 Å². The highest BCUT2D eigenvalue weighted by molar-refractivity contribution is 6.36. The maximum absolute atomic E-state index is 12.0. The van der Waals surface area contributed by atoms with Crippen molar-refractivity contribution in [1.82, 2.24) is 4.90 Å². The molecule has 0 aromatic heterocycles. The lowest BCUT2D eigenvalue weighted by atomic mass is 10.00. The molecule has 1 saturated heterocycles. The third-order valence-corrected chi connectivity index (χ3v) is 3.29. The van der Waals surface area contributed by atoms with Crippen molar-refractivity contribution in [2.24, 2.45) is 11.7 Å². The molecule has 0 aromatic rings. The first-order valence-corrected chi connectivity index (χ1v) is 6.16. The summed E-state index contributed by atoms with van der Waals surface area (Å²) in [5, 5.41) is 0. The van der Waals surface area contributed by atoms with Crippen LogP contribution in [0.1, 0.15) is 39.5 Å². The molecule has 0 aromatic carbocycles. The summed E-state index contributed by atoms with van der Waals surface area (Å²) < 4.78 is 0. The normalized spacial score (nSPS) is 22.2. The van der Waals surface area contributed by atoms with Crippen molar-refractivity contribution in [3.8, 4) is 0 Å². The van der Waals surface area contributed by atoms with Crippen molar-refractivity contribution in [3.05, 3.63) is 0 Å². The molecule has 0 spiro atoms. The van der Waals surface area contributed by atoms with Crippen LogP contribution in [0.25, 0.3) is 0 Å². The lowest BCUT2D eigenvalue weighted by molar-refractivity contribution is -0.147. The molecular formula is C12H22N2O2. The van der Waals surface area contributed by atoms with Crippen LogP contribution in [0.15, 0.2) is 0 Å². The minimum atomic E-state index is -0.325. The van der Waals surface area contributed by atoms with Crippen LogP contribution >= 0.6 is 0 Å². The number of ketones is 1. The molecule has 0 aliphatic carbocycles. The number of nitrogens with two attached hydrogens (primary N) is 1. The summed E-state index contributed by atoms with van der Waals surface area (Å²) in [6.07, 6.45) is 3.60. The summed E-state index contributed by atoms with van der Waals surface area (Å²) >= 11 is 0. The number of Topliss-reactive ketones (excluding diaryl/α,β-unsaturated/α-hetero) is 1. The largest absolute Gasteiger partial charge is 0.332 e. The van der Waals surface area contributed by atoms with Crippen molar-refractivity contribution in [2.45, 2.75) is 45.6 Å². The number of carbonyl (C=O) groups excluding carboxylic acids is 2. The van der Waals surface area contributed by atoms with Gasteiger partial charge in [0.25, 0.3) is 5.91 Å². The van der Waals surface area contributed by atoms with Crippen LogP contribution in [-0.2, 0) is 9.59 Å². The molecule has 4 nitrogen and oxygen atoms in total. The standard InChI is InChI=1S/C12H22N2O2/c1-3-5-9(2)11(15)12(16)14-7-4-6-10(14)8-13/h9-10H,3-8,13H2,1-2H3. The van der Waals surface area contributed by atoms with E-state index in [9.17, 15) is 9.59 Å². The molecule has 1 amide bonds. The Hall–Kier alpha value is -0.900. The van der Waals surface area contributed by atoms with Crippen LogP contribution in [0, 0.1) is 5.92 Å². The van der Waals surface area contributed by atoms with Crippen LogP contribution in [0.4, 0.5) is 0 Å². The Morgan fingerprint density at radius 2 is 2.19 bits per heavy atom. The predicted molar refractivity (Wildman–Crippen MR) is 62.9 cm³/mol. The van der Waals surface area contributed by atoms with Crippen LogP contribution in [0.5, 0.6) is 0 Å². The van der Waals surface area contributed by atoms with Gasteiger partial charge in [0.05, 0.1) is 0 Å². The fourth-order valence-corrected chi connectivity index (χ4v) is 2.26. The summed E-state index contributed by atoms with van der Waals surface area (Å²) in [6, 6.07) is 0.0743. The van der Waals surface area contributed by atoms with E-state index in [1.54, 1.807) is 4.90 Å². The second-order valence-corrected chi connectivity index (χ2v) is 4.58. The topological polar surface area (TPSA) is 63.4 Å². The smallest absolute Gasteiger partial charge is 0.290 e. The van der Waals surface area contributed by atoms with Gasteiger partial charge < -0.3 is 10.6 Å². The average molecular weight is 226 g/mol. The van der Waals surface area contributed by atoms with Gasteiger partial charge in [0, 0.05) is 25.0 Å². The van der Waals surface area contributed by atoms with E-state index in [-0.39, 0.29) is 23.7 Å².